The molecule has 0 aliphatic heterocycles. The van der Waals surface area contributed by atoms with Crippen LogP contribution in [0.2, 0.25) is 0 Å². The number of hydrogen-bond acceptors (Lipinski definition) is 4. The van der Waals surface area contributed by atoms with Gasteiger partial charge in [-0.2, -0.15) is 5.26 Å². The summed E-state index contributed by atoms with van der Waals surface area (Å²) in [5.74, 6) is 0.875. The molecule has 17 heavy (non-hydrogen) atoms. The van der Waals surface area contributed by atoms with Gasteiger partial charge in [0.1, 0.15) is 11.6 Å². The summed E-state index contributed by atoms with van der Waals surface area (Å²) >= 11 is 0. The Bertz CT molecular complexity index is 626. The Kier molecular flexibility index (Phi) is 3.11. The van der Waals surface area contributed by atoms with Crippen molar-refractivity contribution in [1.82, 2.24) is 9.55 Å². The molecule has 0 bridgehead atoms. The molecule has 2 N–H and O–H groups in total. The quantitative estimate of drug-likeness (QED) is 0.873. The lowest BCUT2D eigenvalue weighted by atomic mass is 10.2. The van der Waals surface area contributed by atoms with Crippen LogP contribution in [0.1, 0.15) is 5.56 Å². The normalized spacial score (nSPS) is 12.5. The predicted molar refractivity (Wildman–Crippen MR) is 67.8 cm³/mol. The Hall–Kier alpha value is -1.87. The van der Waals surface area contributed by atoms with Gasteiger partial charge in [0.25, 0.3) is 0 Å². The van der Waals surface area contributed by atoms with Gasteiger partial charge in [0.05, 0.1) is 11.1 Å². The molecule has 1 atom stereocenters. The molecule has 1 aromatic carbocycles. The molecule has 0 spiro atoms. The minimum absolute atomic E-state index is 0.355. The van der Waals surface area contributed by atoms with Crippen LogP contribution < -0.4 is 5.73 Å². The van der Waals surface area contributed by atoms with Crippen molar-refractivity contribution in [2.45, 2.75) is 6.54 Å². The SMILES string of the molecule is CS(=O)CCn1c(N)nc2c(C#N)cccc21. The number of rotatable bonds is 3. The highest BCUT2D eigenvalue weighted by atomic mass is 32.2. The molecule has 0 saturated carbocycles. The minimum Gasteiger partial charge on any atom is -0.369 e. The van der Waals surface area contributed by atoms with Gasteiger partial charge in [0.2, 0.25) is 5.95 Å². The van der Waals surface area contributed by atoms with E-state index in [4.69, 9.17) is 11.0 Å². The number of para-hydroxylation sites is 1. The van der Waals surface area contributed by atoms with Crippen molar-refractivity contribution in [1.29, 1.82) is 5.26 Å². The largest absolute Gasteiger partial charge is 0.369 e. The third-order valence-electron chi connectivity index (χ3n) is 2.53. The second-order valence-corrected chi connectivity index (χ2v) is 5.24. The lowest BCUT2D eigenvalue weighted by Gasteiger charge is -2.04. The number of imidazole rings is 1. The molecule has 2 aromatic rings. The first-order valence-electron chi connectivity index (χ1n) is 5.08. The summed E-state index contributed by atoms with van der Waals surface area (Å²) in [5.41, 5.74) is 7.73. The summed E-state index contributed by atoms with van der Waals surface area (Å²) in [7, 11) is -0.878. The van der Waals surface area contributed by atoms with Crippen molar-refractivity contribution < 1.29 is 4.21 Å². The standard InChI is InChI=1S/C11H12N4OS/c1-17(16)6-5-15-9-4-2-3-8(7-12)10(9)14-11(15)13/h2-4H,5-6H2,1H3,(H2,13,14). The minimum atomic E-state index is -0.878. The van der Waals surface area contributed by atoms with E-state index in [9.17, 15) is 4.21 Å². The third kappa shape index (κ3) is 2.15. The Morgan fingerprint density at radius 3 is 3.00 bits per heavy atom. The van der Waals surface area contributed by atoms with Crippen molar-refractivity contribution >= 4 is 27.8 Å². The summed E-state index contributed by atoms with van der Waals surface area (Å²) < 4.78 is 12.9. The van der Waals surface area contributed by atoms with Crippen molar-refractivity contribution in [3.05, 3.63) is 23.8 Å². The summed E-state index contributed by atoms with van der Waals surface area (Å²) in [6.45, 7) is 0.542. The summed E-state index contributed by atoms with van der Waals surface area (Å²) in [6.07, 6.45) is 1.65. The fraction of sp³-hybridized carbons (Fsp3) is 0.273. The summed E-state index contributed by atoms with van der Waals surface area (Å²) in [5, 5.41) is 8.97. The Labute approximate surface area is 101 Å². The molecule has 0 saturated heterocycles. The third-order valence-corrected chi connectivity index (χ3v) is 3.29. The van der Waals surface area contributed by atoms with Gasteiger partial charge in [0, 0.05) is 29.4 Å². The second-order valence-electron chi connectivity index (χ2n) is 3.68. The van der Waals surface area contributed by atoms with Crippen LogP contribution in [-0.2, 0) is 17.3 Å². The molecule has 0 fully saturated rings. The molecule has 2 rings (SSSR count). The number of nitrogens with two attached hydrogens (primary N) is 1. The highest BCUT2D eigenvalue weighted by molar-refractivity contribution is 7.84. The van der Waals surface area contributed by atoms with Gasteiger partial charge >= 0.3 is 0 Å². The number of aryl methyl sites for hydroxylation is 1. The number of nitrogens with zero attached hydrogens (tertiary/aromatic N) is 3. The van der Waals surface area contributed by atoms with Gasteiger partial charge in [-0.25, -0.2) is 4.98 Å². The zero-order valence-corrected chi connectivity index (χ0v) is 10.2. The molecule has 0 aliphatic carbocycles. The molecule has 0 amide bonds. The highest BCUT2D eigenvalue weighted by Crippen LogP contribution is 2.20. The summed E-state index contributed by atoms with van der Waals surface area (Å²) in [6, 6.07) is 7.44. The van der Waals surface area contributed by atoms with E-state index in [1.54, 1.807) is 23.0 Å². The van der Waals surface area contributed by atoms with Gasteiger partial charge in [-0.15, -0.1) is 0 Å². The molecule has 88 valence electrons. The van der Waals surface area contributed by atoms with E-state index in [0.717, 1.165) is 5.52 Å². The average Bonchev–Trinajstić information content (AvgIpc) is 2.62. The van der Waals surface area contributed by atoms with Crippen molar-refractivity contribution in [3.63, 3.8) is 0 Å². The van der Waals surface area contributed by atoms with E-state index in [1.165, 1.54) is 0 Å². The van der Waals surface area contributed by atoms with Crippen LogP contribution in [0.3, 0.4) is 0 Å². The van der Waals surface area contributed by atoms with Gasteiger partial charge in [-0.1, -0.05) is 6.07 Å². The van der Waals surface area contributed by atoms with E-state index in [2.05, 4.69) is 11.1 Å². The Morgan fingerprint density at radius 2 is 2.35 bits per heavy atom. The first-order chi connectivity index (χ1) is 8.13. The van der Waals surface area contributed by atoms with E-state index in [0.29, 0.717) is 29.3 Å². The Balaban J connectivity index is 2.53. The smallest absolute Gasteiger partial charge is 0.201 e. The molecular weight excluding hydrogens is 236 g/mol. The molecule has 1 unspecified atom stereocenters. The maximum absolute atomic E-state index is 11.1. The van der Waals surface area contributed by atoms with Crippen molar-refractivity contribution in [3.8, 4) is 6.07 Å². The van der Waals surface area contributed by atoms with Crippen LogP contribution in [0.5, 0.6) is 0 Å². The molecule has 0 aliphatic rings. The van der Waals surface area contributed by atoms with E-state index in [-0.39, 0.29) is 0 Å². The molecule has 6 heteroatoms. The summed E-state index contributed by atoms with van der Waals surface area (Å²) in [4.78, 5) is 4.18. The number of nitrogen functional groups attached to an aromatic ring is 1. The molecule has 1 heterocycles. The van der Waals surface area contributed by atoms with Crippen molar-refractivity contribution in [2.75, 3.05) is 17.7 Å². The zero-order valence-electron chi connectivity index (χ0n) is 9.38. The van der Waals surface area contributed by atoms with Gasteiger partial charge in [-0.3, -0.25) is 4.21 Å². The first kappa shape index (κ1) is 11.6. The average molecular weight is 248 g/mol. The van der Waals surface area contributed by atoms with E-state index in [1.807, 2.05) is 6.07 Å². The second kappa shape index (κ2) is 4.55. The first-order valence-corrected chi connectivity index (χ1v) is 6.81. The number of fused-ring (bicyclic) bond motifs is 1. The maximum atomic E-state index is 11.1. The monoisotopic (exact) mass is 248 g/mol. The topological polar surface area (TPSA) is 84.7 Å². The zero-order chi connectivity index (χ0) is 12.4. The lowest BCUT2D eigenvalue weighted by molar-refractivity contribution is 0.680. The molecule has 0 radical (unpaired) electrons. The highest BCUT2D eigenvalue weighted by Gasteiger charge is 2.11. The maximum Gasteiger partial charge on any atom is 0.201 e. The lowest BCUT2D eigenvalue weighted by Crippen LogP contribution is -2.09. The number of aromatic nitrogens is 2. The van der Waals surface area contributed by atoms with Gasteiger partial charge < -0.3 is 10.3 Å². The van der Waals surface area contributed by atoms with E-state index < -0.39 is 10.8 Å². The van der Waals surface area contributed by atoms with Crippen LogP contribution >= 0.6 is 0 Å². The molecule has 1 aromatic heterocycles. The number of nitriles is 1. The van der Waals surface area contributed by atoms with Gasteiger partial charge in [-0.05, 0) is 12.1 Å². The number of anilines is 1. The molecule has 5 nitrogen and oxygen atoms in total. The van der Waals surface area contributed by atoms with Crippen LogP contribution in [0, 0.1) is 11.3 Å². The van der Waals surface area contributed by atoms with Gasteiger partial charge in [0.15, 0.2) is 0 Å². The van der Waals surface area contributed by atoms with Crippen LogP contribution in [0.15, 0.2) is 18.2 Å². The fourth-order valence-electron chi connectivity index (χ4n) is 1.71. The van der Waals surface area contributed by atoms with E-state index >= 15 is 0 Å². The molecular formula is C11H12N4OS. The number of benzene rings is 1. The van der Waals surface area contributed by atoms with Crippen LogP contribution in [0.25, 0.3) is 11.0 Å². The van der Waals surface area contributed by atoms with Crippen molar-refractivity contribution in [2.24, 2.45) is 0 Å². The number of hydrogen-bond donors (Lipinski definition) is 1. The van der Waals surface area contributed by atoms with Crippen LogP contribution in [0.4, 0.5) is 5.95 Å². The van der Waals surface area contributed by atoms with Crippen LogP contribution in [-0.4, -0.2) is 25.8 Å². The predicted octanol–water partition coefficient (Wildman–Crippen LogP) is 0.869. The Morgan fingerprint density at radius 1 is 1.59 bits per heavy atom. The fourth-order valence-corrected chi connectivity index (χ4v) is 2.15.